The van der Waals surface area contributed by atoms with E-state index in [1.807, 2.05) is 41.8 Å². The first-order chi connectivity index (χ1) is 11.6. The number of benzene rings is 1. The largest absolute Gasteiger partial charge is 0.343 e. The van der Waals surface area contributed by atoms with Gasteiger partial charge in [-0.1, -0.05) is 30.3 Å². The Morgan fingerprint density at radius 1 is 1.12 bits per heavy atom. The second kappa shape index (κ2) is 8.83. The molecule has 0 bridgehead atoms. The highest BCUT2D eigenvalue weighted by atomic mass is 16.2. The Morgan fingerprint density at radius 2 is 1.79 bits per heavy atom. The van der Waals surface area contributed by atoms with Crippen molar-refractivity contribution in [3.8, 4) is 0 Å². The molecule has 1 aromatic rings. The molecule has 2 atom stereocenters. The second-order valence-corrected chi connectivity index (χ2v) is 6.40. The molecule has 0 unspecified atom stereocenters. The van der Waals surface area contributed by atoms with E-state index in [0.29, 0.717) is 32.4 Å². The zero-order chi connectivity index (χ0) is 17.5. The summed E-state index contributed by atoms with van der Waals surface area (Å²) in [5.41, 5.74) is 7.43. The molecule has 5 heteroatoms. The number of nitrogens with zero attached hydrogens (tertiary/aromatic N) is 2. The van der Waals surface area contributed by atoms with Crippen molar-refractivity contribution >= 4 is 11.8 Å². The molecule has 0 aromatic heterocycles. The summed E-state index contributed by atoms with van der Waals surface area (Å²) in [5.74, 6) is 0.441. The summed E-state index contributed by atoms with van der Waals surface area (Å²) in [6.07, 6.45) is 1.46. The Bertz CT molecular complexity index is 543. The van der Waals surface area contributed by atoms with Crippen molar-refractivity contribution in [3.05, 3.63) is 35.9 Å². The normalized spacial score (nSPS) is 20.2. The van der Waals surface area contributed by atoms with Crippen LogP contribution in [0.1, 0.15) is 44.6 Å². The van der Waals surface area contributed by atoms with Gasteiger partial charge in [0.15, 0.2) is 0 Å². The van der Waals surface area contributed by atoms with Gasteiger partial charge in [0.05, 0.1) is 0 Å². The molecule has 2 N–H and O–H groups in total. The number of likely N-dealkylation sites (tertiary alicyclic amines) is 1. The quantitative estimate of drug-likeness (QED) is 0.831. The summed E-state index contributed by atoms with van der Waals surface area (Å²) in [6.45, 7) is 6.67. The van der Waals surface area contributed by atoms with Crippen LogP contribution in [-0.4, -0.2) is 53.8 Å². The van der Waals surface area contributed by atoms with Crippen molar-refractivity contribution in [2.24, 2.45) is 5.73 Å². The van der Waals surface area contributed by atoms with Gasteiger partial charge in [0.2, 0.25) is 11.8 Å². The number of amides is 2. The van der Waals surface area contributed by atoms with Crippen molar-refractivity contribution in [3.63, 3.8) is 0 Å². The molecule has 0 aliphatic carbocycles. The summed E-state index contributed by atoms with van der Waals surface area (Å²) < 4.78 is 0. The van der Waals surface area contributed by atoms with Gasteiger partial charge in [-0.05, 0) is 25.8 Å². The average molecular weight is 331 g/mol. The summed E-state index contributed by atoms with van der Waals surface area (Å²) in [5, 5.41) is 0. The lowest BCUT2D eigenvalue weighted by Gasteiger charge is -2.19. The minimum Gasteiger partial charge on any atom is -0.343 e. The molecule has 1 aliphatic rings. The maximum Gasteiger partial charge on any atom is 0.222 e. The number of hydrogen-bond donors (Lipinski definition) is 1. The number of carbonyl (C=O) groups excluding carboxylic acids is 2. The summed E-state index contributed by atoms with van der Waals surface area (Å²) in [6, 6.07) is 10.1. The summed E-state index contributed by atoms with van der Waals surface area (Å²) >= 11 is 0. The molecule has 0 spiro atoms. The molecule has 132 valence electrons. The molecular formula is C19H29N3O2. The SMILES string of the molecule is CCN(CC)C(=O)CCCC(=O)N1C[C@@H](N)[C@H](c2ccccc2)C1. The number of hydrogen-bond acceptors (Lipinski definition) is 3. The Hall–Kier alpha value is -1.88. The van der Waals surface area contributed by atoms with Crippen LogP contribution in [-0.2, 0) is 9.59 Å². The third-order valence-corrected chi connectivity index (χ3v) is 4.84. The molecule has 2 amide bonds. The van der Waals surface area contributed by atoms with Gasteiger partial charge in [-0.2, -0.15) is 0 Å². The fourth-order valence-electron chi connectivity index (χ4n) is 3.37. The van der Waals surface area contributed by atoms with E-state index in [1.54, 1.807) is 0 Å². The second-order valence-electron chi connectivity index (χ2n) is 6.40. The van der Waals surface area contributed by atoms with E-state index in [2.05, 4.69) is 12.1 Å². The molecule has 1 heterocycles. The van der Waals surface area contributed by atoms with Crippen molar-refractivity contribution in [2.75, 3.05) is 26.2 Å². The minimum absolute atomic E-state index is 0.0198. The molecule has 0 radical (unpaired) electrons. The van der Waals surface area contributed by atoms with Crippen molar-refractivity contribution < 1.29 is 9.59 Å². The van der Waals surface area contributed by atoms with E-state index in [1.165, 1.54) is 5.56 Å². The lowest BCUT2D eigenvalue weighted by Crippen LogP contribution is -2.33. The average Bonchev–Trinajstić information content (AvgIpc) is 2.98. The van der Waals surface area contributed by atoms with Crippen LogP contribution in [0.25, 0.3) is 0 Å². The topological polar surface area (TPSA) is 66.6 Å². The lowest BCUT2D eigenvalue weighted by molar-refractivity contribution is -0.132. The zero-order valence-electron chi connectivity index (χ0n) is 14.8. The number of carbonyl (C=O) groups is 2. The third kappa shape index (κ3) is 4.57. The predicted octanol–water partition coefficient (Wildman–Crippen LogP) is 1.98. The molecule has 1 saturated heterocycles. The molecule has 24 heavy (non-hydrogen) atoms. The number of rotatable bonds is 7. The Balaban J connectivity index is 1.81. The van der Waals surface area contributed by atoms with Crippen LogP contribution in [0.2, 0.25) is 0 Å². The summed E-state index contributed by atoms with van der Waals surface area (Å²) in [7, 11) is 0. The van der Waals surface area contributed by atoms with Gasteiger partial charge in [0.1, 0.15) is 0 Å². The highest BCUT2D eigenvalue weighted by Gasteiger charge is 2.33. The minimum atomic E-state index is -0.0198. The van der Waals surface area contributed by atoms with Crippen molar-refractivity contribution in [1.29, 1.82) is 0 Å². The fraction of sp³-hybridized carbons (Fsp3) is 0.579. The van der Waals surface area contributed by atoms with Crippen LogP contribution in [0.3, 0.4) is 0 Å². The molecule has 1 fully saturated rings. The van der Waals surface area contributed by atoms with E-state index < -0.39 is 0 Å². The predicted molar refractivity (Wildman–Crippen MR) is 95.5 cm³/mol. The standard InChI is InChI=1S/C19H29N3O2/c1-3-21(4-2)18(23)11-8-12-19(24)22-13-16(17(20)14-22)15-9-6-5-7-10-15/h5-7,9-10,16-17H,3-4,8,11-14,20H2,1-2H3/t16-,17+/m0/s1. The highest BCUT2D eigenvalue weighted by molar-refractivity contribution is 5.79. The third-order valence-electron chi connectivity index (χ3n) is 4.84. The molecule has 2 rings (SSSR count). The van der Waals surface area contributed by atoms with Crippen LogP contribution in [0.4, 0.5) is 0 Å². The Kier molecular flexibility index (Phi) is 6.79. The Morgan fingerprint density at radius 3 is 2.42 bits per heavy atom. The van der Waals surface area contributed by atoms with Crippen molar-refractivity contribution in [1.82, 2.24) is 9.80 Å². The monoisotopic (exact) mass is 331 g/mol. The first-order valence-electron chi connectivity index (χ1n) is 8.92. The van der Waals surface area contributed by atoms with Crippen LogP contribution in [0.5, 0.6) is 0 Å². The van der Waals surface area contributed by atoms with Crippen LogP contribution < -0.4 is 5.73 Å². The summed E-state index contributed by atoms with van der Waals surface area (Å²) in [4.78, 5) is 28.0. The first kappa shape index (κ1) is 18.5. The van der Waals surface area contributed by atoms with Gasteiger partial charge in [-0.25, -0.2) is 0 Å². The fourth-order valence-corrected chi connectivity index (χ4v) is 3.37. The highest BCUT2D eigenvalue weighted by Crippen LogP contribution is 2.26. The zero-order valence-corrected chi connectivity index (χ0v) is 14.8. The van der Waals surface area contributed by atoms with E-state index in [9.17, 15) is 9.59 Å². The van der Waals surface area contributed by atoms with Gasteiger partial charge in [-0.15, -0.1) is 0 Å². The lowest BCUT2D eigenvalue weighted by atomic mass is 9.95. The van der Waals surface area contributed by atoms with E-state index >= 15 is 0 Å². The molecule has 5 nitrogen and oxygen atoms in total. The molecule has 0 saturated carbocycles. The van der Waals surface area contributed by atoms with E-state index in [0.717, 1.165) is 13.1 Å². The van der Waals surface area contributed by atoms with E-state index in [-0.39, 0.29) is 23.8 Å². The first-order valence-corrected chi connectivity index (χ1v) is 8.92. The van der Waals surface area contributed by atoms with Crippen LogP contribution in [0.15, 0.2) is 30.3 Å². The van der Waals surface area contributed by atoms with Gasteiger partial charge in [0.25, 0.3) is 0 Å². The van der Waals surface area contributed by atoms with E-state index in [4.69, 9.17) is 5.73 Å². The molecular weight excluding hydrogens is 302 g/mol. The maximum atomic E-state index is 12.4. The molecule has 1 aliphatic heterocycles. The molecule has 1 aromatic carbocycles. The smallest absolute Gasteiger partial charge is 0.222 e. The van der Waals surface area contributed by atoms with Crippen LogP contribution >= 0.6 is 0 Å². The maximum absolute atomic E-state index is 12.4. The number of nitrogens with two attached hydrogens (primary N) is 1. The van der Waals surface area contributed by atoms with Gasteiger partial charge >= 0.3 is 0 Å². The van der Waals surface area contributed by atoms with Crippen molar-refractivity contribution in [2.45, 2.75) is 45.1 Å². The van der Waals surface area contributed by atoms with Gasteiger partial charge < -0.3 is 15.5 Å². The van der Waals surface area contributed by atoms with Crippen LogP contribution in [0, 0.1) is 0 Å². The van der Waals surface area contributed by atoms with Gasteiger partial charge in [0, 0.05) is 51.0 Å². The van der Waals surface area contributed by atoms with Gasteiger partial charge in [-0.3, -0.25) is 9.59 Å². The Labute approximate surface area is 144 Å².